The molecule has 0 aromatic heterocycles. The molecule has 4 bridgehead atoms. The lowest BCUT2D eigenvalue weighted by molar-refractivity contribution is -0.327. The van der Waals surface area contributed by atoms with Crippen molar-refractivity contribution in [3.8, 4) is 0 Å². The zero-order valence-electron chi connectivity index (χ0n) is 20.9. The van der Waals surface area contributed by atoms with Crippen LogP contribution in [0.4, 0.5) is 0 Å². The zero-order chi connectivity index (χ0) is 24.4. The summed E-state index contributed by atoms with van der Waals surface area (Å²) in [5.41, 5.74) is 1.00. The van der Waals surface area contributed by atoms with E-state index in [0.29, 0.717) is 23.7 Å². The van der Waals surface area contributed by atoms with Crippen molar-refractivity contribution in [3.63, 3.8) is 0 Å². The van der Waals surface area contributed by atoms with Crippen molar-refractivity contribution >= 4 is 16.9 Å². The molecule has 2 nitrogen and oxygen atoms in total. The first kappa shape index (κ1) is 24.2. The molecule has 0 unspecified atom stereocenters. The summed E-state index contributed by atoms with van der Waals surface area (Å²) in [4.78, 5) is 15.3. The summed E-state index contributed by atoms with van der Waals surface area (Å²) in [6.07, 6.45) is 6.65. The maximum Gasteiger partial charge on any atom is 0.166 e. The molecule has 0 spiro atoms. The van der Waals surface area contributed by atoms with Crippen LogP contribution in [0.5, 0.6) is 0 Å². The van der Waals surface area contributed by atoms with Crippen molar-refractivity contribution in [2.45, 2.75) is 73.0 Å². The van der Waals surface area contributed by atoms with E-state index in [9.17, 15) is 9.90 Å². The quantitative estimate of drug-likeness (QED) is 0.371. The van der Waals surface area contributed by atoms with Gasteiger partial charge in [0.05, 0.1) is 10.9 Å². The highest BCUT2D eigenvalue weighted by molar-refractivity contribution is 7.97. The lowest BCUT2D eigenvalue weighted by atomic mass is 9.49. The van der Waals surface area contributed by atoms with Gasteiger partial charge >= 0.3 is 0 Å². The van der Waals surface area contributed by atoms with E-state index in [4.69, 9.17) is 0 Å². The van der Waals surface area contributed by atoms with Crippen LogP contribution in [0.3, 0.4) is 0 Å². The number of hydrogen-bond acceptors (Lipinski definition) is 2. The van der Waals surface area contributed by atoms with Crippen molar-refractivity contribution < 1.29 is 9.90 Å². The summed E-state index contributed by atoms with van der Waals surface area (Å²) in [6.45, 7) is 4.48. The molecule has 3 heteroatoms. The fraction of sp³-hybridized carbons (Fsp3) is 0.406. The number of aliphatic carboxylic acids is 1. The van der Waals surface area contributed by atoms with Crippen molar-refractivity contribution in [1.29, 1.82) is 0 Å². The molecule has 0 heterocycles. The Labute approximate surface area is 213 Å². The average Bonchev–Trinajstić information content (AvgIpc) is 2.85. The van der Waals surface area contributed by atoms with Crippen LogP contribution in [0.15, 0.2) is 99.6 Å². The molecule has 0 aliphatic heterocycles. The Balaban J connectivity index is 0.000000164. The van der Waals surface area contributed by atoms with Gasteiger partial charge in [-0.1, -0.05) is 62.4 Å². The molecule has 3 aromatic rings. The lowest BCUT2D eigenvalue weighted by Crippen LogP contribution is -2.54. The highest BCUT2D eigenvalue weighted by Gasteiger charge is 2.51. The molecule has 0 radical (unpaired) electrons. The number of hydrogen-bond donors (Lipinski definition) is 0. The molecule has 4 aliphatic rings. The van der Waals surface area contributed by atoms with E-state index in [2.05, 4.69) is 98.8 Å². The highest BCUT2D eigenvalue weighted by Crippen LogP contribution is 2.59. The van der Waals surface area contributed by atoms with Gasteiger partial charge in [-0.2, -0.15) is 0 Å². The van der Waals surface area contributed by atoms with Crippen molar-refractivity contribution in [1.82, 2.24) is 0 Å². The number of carbonyl (C=O) groups excluding carboxylic acids is 1. The predicted octanol–water partition coefficient (Wildman–Crippen LogP) is 6.86. The Morgan fingerprint density at radius 3 is 1.49 bits per heavy atom. The fourth-order valence-electron chi connectivity index (χ4n) is 6.87. The molecule has 7 rings (SSSR count). The van der Waals surface area contributed by atoms with Crippen LogP contribution in [-0.4, -0.2) is 5.97 Å². The zero-order valence-corrected chi connectivity index (χ0v) is 21.7. The number of carboxylic acid groups (broad SMARTS) is 1. The molecule has 35 heavy (non-hydrogen) atoms. The third-order valence-corrected chi connectivity index (χ3v) is 10.4. The summed E-state index contributed by atoms with van der Waals surface area (Å²) in [5, 5.41) is 11.1. The Hall–Kier alpha value is -2.52. The Kier molecular flexibility index (Phi) is 7.07. The van der Waals surface area contributed by atoms with Gasteiger partial charge in [-0.05, 0) is 104 Å². The first-order valence-corrected chi connectivity index (χ1v) is 14.3. The summed E-state index contributed by atoms with van der Waals surface area (Å²) in [7, 11) is -0.0361. The molecule has 0 atom stereocenters. The van der Waals surface area contributed by atoms with Crippen LogP contribution in [0.1, 0.15) is 63.9 Å². The largest absolute Gasteiger partial charge is 0.550 e. The van der Waals surface area contributed by atoms with E-state index >= 15 is 0 Å². The maximum atomic E-state index is 11.1. The van der Waals surface area contributed by atoms with Crippen LogP contribution in [0.25, 0.3) is 0 Å². The normalized spacial score (nSPS) is 26.5. The van der Waals surface area contributed by atoms with Crippen molar-refractivity contribution in [2.75, 3.05) is 0 Å². The van der Waals surface area contributed by atoms with E-state index in [-0.39, 0.29) is 10.9 Å². The summed E-state index contributed by atoms with van der Waals surface area (Å²) < 4.78 is 0. The van der Waals surface area contributed by atoms with Gasteiger partial charge in [0.25, 0.3) is 0 Å². The maximum absolute atomic E-state index is 11.1. The fourth-order valence-corrected chi connectivity index (χ4v) is 8.95. The Morgan fingerprint density at radius 1 is 0.714 bits per heavy atom. The van der Waals surface area contributed by atoms with E-state index < -0.39 is 11.4 Å². The van der Waals surface area contributed by atoms with Crippen LogP contribution in [0.2, 0.25) is 0 Å². The molecule has 4 fully saturated rings. The van der Waals surface area contributed by atoms with Crippen molar-refractivity contribution in [2.24, 2.45) is 23.2 Å². The second kappa shape index (κ2) is 10.2. The summed E-state index contributed by atoms with van der Waals surface area (Å²) >= 11 is 0. The van der Waals surface area contributed by atoms with Crippen LogP contribution >= 0.6 is 0 Å². The Morgan fingerprint density at radius 2 is 1.11 bits per heavy atom. The standard InChI is InChI=1S/C21H21S.C11H16O2/c1-17(2)18-13-15-21(16-14-18)22(19-9-5-3-6-10-19)20-11-7-4-8-12-20;12-10(13)11-4-7-1-8(5-11)3-9(2-7)6-11/h3-17H,1-2H3;7-9H,1-6H2,(H,12,13)/q+1;/p-1. The number of rotatable bonds is 5. The third-order valence-electron chi connectivity index (χ3n) is 8.21. The molecule has 4 saturated carbocycles. The SMILES string of the molecule is CC(C)c1ccc([S+](c2ccccc2)c2ccccc2)cc1.O=C([O-])C12CC3CC(CC(C3)C1)C2. The van der Waals surface area contributed by atoms with Gasteiger partial charge in [-0.25, -0.2) is 0 Å². The first-order valence-electron chi connectivity index (χ1n) is 13.1. The molecular weight excluding hydrogens is 448 g/mol. The van der Waals surface area contributed by atoms with Crippen LogP contribution in [-0.2, 0) is 15.7 Å². The summed E-state index contributed by atoms with van der Waals surface area (Å²) in [5.74, 6) is 1.95. The number of benzene rings is 3. The van der Waals surface area contributed by atoms with Crippen LogP contribution in [0, 0.1) is 23.2 Å². The van der Waals surface area contributed by atoms with E-state index in [0.717, 1.165) is 19.3 Å². The van der Waals surface area contributed by atoms with E-state index in [1.54, 1.807) is 0 Å². The molecule has 0 saturated heterocycles. The monoisotopic (exact) mass is 484 g/mol. The van der Waals surface area contributed by atoms with E-state index in [1.807, 2.05) is 0 Å². The average molecular weight is 485 g/mol. The minimum atomic E-state index is -0.758. The molecule has 0 N–H and O–H groups in total. The minimum absolute atomic E-state index is 0.0361. The molecule has 182 valence electrons. The lowest BCUT2D eigenvalue weighted by Gasteiger charge is -2.57. The molecule has 4 aliphatic carbocycles. The van der Waals surface area contributed by atoms with Crippen molar-refractivity contribution in [3.05, 3.63) is 90.5 Å². The van der Waals surface area contributed by atoms with Gasteiger partial charge in [0.1, 0.15) is 0 Å². The third kappa shape index (κ3) is 5.21. The van der Waals surface area contributed by atoms with Gasteiger partial charge in [-0.3, -0.25) is 0 Å². The molecular formula is C32H36O2S. The van der Waals surface area contributed by atoms with Gasteiger partial charge in [0, 0.05) is 11.4 Å². The van der Waals surface area contributed by atoms with Gasteiger partial charge in [0.15, 0.2) is 14.7 Å². The first-order chi connectivity index (χ1) is 16.9. The van der Waals surface area contributed by atoms with Gasteiger partial charge in [-0.15, -0.1) is 0 Å². The topological polar surface area (TPSA) is 40.1 Å². The number of carboxylic acids is 1. The molecule has 3 aromatic carbocycles. The smallest absolute Gasteiger partial charge is 0.166 e. The Bertz CT molecular complexity index is 1050. The predicted molar refractivity (Wildman–Crippen MR) is 141 cm³/mol. The van der Waals surface area contributed by atoms with Gasteiger partial charge < -0.3 is 9.90 Å². The second-order valence-corrected chi connectivity index (χ2v) is 13.2. The van der Waals surface area contributed by atoms with Crippen LogP contribution < -0.4 is 5.11 Å². The second-order valence-electron chi connectivity index (χ2n) is 11.1. The van der Waals surface area contributed by atoms with Gasteiger partial charge in [0.2, 0.25) is 0 Å². The highest BCUT2D eigenvalue weighted by atomic mass is 32.2. The minimum Gasteiger partial charge on any atom is -0.550 e. The number of carbonyl (C=O) groups is 1. The summed E-state index contributed by atoms with van der Waals surface area (Å²) in [6, 6.07) is 30.7. The molecule has 0 amide bonds. The van der Waals surface area contributed by atoms with E-state index in [1.165, 1.54) is 39.5 Å².